The molecular formula is C15H24N2O. The lowest BCUT2D eigenvalue weighted by molar-refractivity contribution is -0.127. The molecule has 0 bridgehead atoms. The molecule has 3 nitrogen and oxygen atoms in total. The largest absolute Gasteiger partial charge is 0.348 e. The van der Waals surface area contributed by atoms with Crippen molar-refractivity contribution in [2.24, 2.45) is 0 Å². The highest BCUT2D eigenvalue weighted by atomic mass is 16.2. The van der Waals surface area contributed by atoms with Crippen molar-refractivity contribution in [2.75, 3.05) is 20.6 Å². The molecule has 0 saturated carbocycles. The maximum absolute atomic E-state index is 11.4. The Morgan fingerprint density at radius 2 is 1.72 bits per heavy atom. The van der Waals surface area contributed by atoms with Crippen LogP contribution in [0.4, 0.5) is 0 Å². The molecule has 100 valence electrons. The monoisotopic (exact) mass is 248 g/mol. The first-order chi connectivity index (χ1) is 8.30. The predicted molar refractivity (Wildman–Crippen MR) is 75.5 cm³/mol. The molecule has 1 aromatic carbocycles. The average molecular weight is 248 g/mol. The van der Waals surface area contributed by atoms with Crippen LogP contribution in [-0.4, -0.2) is 31.4 Å². The minimum atomic E-state index is 0.0984. The third-order valence-corrected chi connectivity index (χ3v) is 2.92. The van der Waals surface area contributed by atoms with E-state index in [0.717, 1.165) is 6.54 Å². The molecule has 3 heteroatoms. The molecule has 0 aliphatic carbocycles. The first-order valence-corrected chi connectivity index (χ1v) is 6.31. The second-order valence-electron chi connectivity index (χ2n) is 5.84. The summed E-state index contributed by atoms with van der Waals surface area (Å²) in [5.74, 6) is 0.0984. The third kappa shape index (κ3) is 4.49. The smallest absolute Gasteiger partial charge is 0.236 e. The van der Waals surface area contributed by atoms with E-state index in [1.54, 1.807) is 19.0 Å². The van der Waals surface area contributed by atoms with Crippen molar-refractivity contribution in [1.82, 2.24) is 10.2 Å². The summed E-state index contributed by atoms with van der Waals surface area (Å²) in [6, 6.07) is 8.55. The number of carbonyl (C=O) groups is 1. The van der Waals surface area contributed by atoms with E-state index in [9.17, 15) is 4.79 Å². The number of hydrogen-bond donors (Lipinski definition) is 1. The van der Waals surface area contributed by atoms with Gasteiger partial charge < -0.3 is 10.2 Å². The molecule has 1 aromatic rings. The molecular weight excluding hydrogens is 224 g/mol. The van der Waals surface area contributed by atoms with Crippen molar-refractivity contribution in [1.29, 1.82) is 0 Å². The van der Waals surface area contributed by atoms with Crippen LogP contribution in [0.25, 0.3) is 0 Å². The normalized spacial score (nSPS) is 11.4. The fourth-order valence-electron chi connectivity index (χ4n) is 1.59. The summed E-state index contributed by atoms with van der Waals surface area (Å²) in [5.41, 5.74) is 2.72. The molecule has 0 atom stereocenters. The molecule has 0 spiro atoms. The number of amides is 1. The topological polar surface area (TPSA) is 32.3 Å². The zero-order valence-electron chi connectivity index (χ0n) is 12.1. The Balaban J connectivity index is 2.47. The third-order valence-electron chi connectivity index (χ3n) is 2.92. The Morgan fingerprint density at radius 1 is 1.17 bits per heavy atom. The van der Waals surface area contributed by atoms with Crippen molar-refractivity contribution in [3.05, 3.63) is 35.4 Å². The number of rotatable bonds is 4. The van der Waals surface area contributed by atoms with E-state index in [4.69, 9.17) is 0 Å². The van der Waals surface area contributed by atoms with Crippen LogP contribution >= 0.6 is 0 Å². The van der Waals surface area contributed by atoms with E-state index < -0.39 is 0 Å². The van der Waals surface area contributed by atoms with Crippen LogP contribution in [0, 0.1) is 0 Å². The minimum absolute atomic E-state index is 0.0984. The van der Waals surface area contributed by atoms with E-state index in [-0.39, 0.29) is 11.3 Å². The Kier molecular flexibility index (Phi) is 4.91. The number of nitrogens with one attached hydrogen (secondary N) is 1. The number of benzene rings is 1. The van der Waals surface area contributed by atoms with Crippen molar-refractivity contribution in [3.8, 4) is 0 Å². The van der Waals surface area contributed by atoms with Crippen LogP contribution in [0.15, 0.2) is 24.3 Å². The predicted octanol–water partition coefficient (Wildman–Crippen LogP) is 2.16. The Bertz CT molecular complexity index is 388. The highest BCUT2D eigenvalue weighted by molar-refractivity contribution is 5.77. The summed E-state index contributed by atoms with van der Waals surface area (Å²) in [4.78, 5) is 13.0. The maximum atomic E-state index is 11.4. The molecule has 1 N–H and O–H groups in total. The van der Waals surface area contributed by atoms with Crippen molar-refractivity contribution in [2.45, 2.75) is 32.7 Å². The van der Waals surface area contributed by atoms with Gasteiger partial charge in [-0.1, -0.05) is 45.0 Å². The molecule has 0 radical (unpaired) electrons. The lowest BCUT2D eigenvalue weighted by atomic mass is 9.87. The summed E-state index contributed by atoms with van der Waals surface area (Å²) >= 11 is 0. The van der Waals surface area contributed by atoms with Gasteiger partial charge in [0.05, 0.1) is 6.54 Å². The Morgan fingerprint density at radius 3 is 2.17 bits per heavy atom. The summed E-state index contributed by atoms with van der Waals surface area (Å²) in [7, 11) is 3.53. The first-order valence-electron chi connectivity index (χ1n) is 6.31. The summed E-state index contributed by atoms with van der Waals surface area (Å²) in [6.07, 6.45) is 0. The van der Waals surface area contributed by atoms with Gasteiger partial charge in [0.25, 0.3) is 0 Å². The fourth-order valence-corrected chi connectivity index (χ4v) is 1.59. The van der Waals surface area contributed by atoms with Gasteiger partial charge in [-0.15, -0.1) is 0 Å². The molecule has 0 aromatic heterocycles. The van der Waals surface area contributed by atoms with Crippen LogP contribution in [0.3, 0.4) is 0 Å². The molecule has 0 aliphatic heterocycles. The van der Waals surface area contributed by atoms with Crippen LogP contribution in [-0.2, 0) is 16.8 Å². The quantitative estimate of drug-likeness (QED) is 0.885. The van der Waals surface area contributed by atoms with Gasteiger partial charge in [-0.3, -0.25) is 4.79 Å². The number of carbonyl (C=O) groups excluding carboxylic acids is 1. The van der Waals surface area contributed by atoms with Gasteiger partial charge in [0, 0.05) is 20.6 Å². The van der Waals surface area contributed by atoms with Crippen molar-refractivity contribution in [3.63, 3.8) is 0 Å². The summed E-state index contributed by atoms with van der Waals surface area (Å²) in [6.45, 7) is 7.72. The van der Waals surface area contributed by atoms with Crippen molar-refractivity contribution >= 4 is 5.91 Å². The van der Waals surface area contributed by atoms with Gasteiger partial charge in [0.1, 0.15) is 0 Å². The Labute approximate surface area is 110 Å². The molecule has 0 aliphatic rings. The van der Waals surface area contributed by atoms with Gasteiger partial charge in [0.15, 0.2) is 0 Å². The molecule has 1 amide bonds. The SMILES string of the molecule is CN(C)C(=O)CNCc1ccc(C(C)(C)C)cc1. The van der Waals surface area contributed by atoms with Gasteiger partial charge in [-0.25, -0.2) is 0 Å². The molecule has 0 unspecified atom stereocenters. The summed E-state index contributed by atoms with van der Waals surface area (Å²) < 4.78 is 0. The van der Waals surface area contributed by atoms with Gasteiger partial charge >= 0.3 is 0 Å². The van der Waals surface area contributed by atoms with Gasteiger partial charge in [0.2, 0.25) is 5.91 Å². The lowest BCUT2D eigenvalue weighted by Gasteiger charge is -2.19. The fraction of sp³-hybridized carbons (Fsp3) is 0.533. The van der Waals surface area contributed by atoms with E-state index in [1.165, 1.54) is 11.1 Å². The average Bonchev–Trinajstić information content (AvgIpc) is 2.28. The van der Waals surface area contributed by atoms with Gasteiger partial charge in [-0.05, 0) is 16.5 Å². The Hall–Kier alpha value is -1.35. The second kappa shape index (κ2) is 6.01. The highest BCUT2D eigenvalue weighted by Crippen LogP contribution is 2.21. The van der Waals surface area contributed by atoms with E-state index in [1.807, 2.05) is 0 Å². The number of nitrogens with zero attached hydrogens (tertiary/aromatic N) is 1. The van der Waals surface area contributed by atoms with E-state index in [2.05, 4.69) is 50.4 Å². The lowest BCUT2D eigenvalue weighted by Crippen LogP contribution is -2.32. The molecule has 0 saturated heterocycles. The van der Waals surface area contributed by atoms with Gasteiger partial charge in [-0.2, -0.15) is 0 Å². The van der Waals surface area contributed by atoms with Crippen LogP contribution in [0.2, 0.25) is 0 Å². The van der Waals surface area contributed by atoms with Crippen molar-refractivity contribution < 1.29 is 4.79 Å². The second-order valence-corrected chi connectivity index (χ2v) is 5.84. The van der Waals surface area contributed by atoms with E-state index in [0.29, 0.717) is 6.54 Å². The summed E-state index contributed by atoms with van der Waals surface area (Å²) in [5, 5.41) is 3.15. The first kappa shape index (κ1) is 14.7. The standard InChI is InChI=1S/C15H24N2O/c1-15(2,3)13-8-6-12(7-9-13)10-16-11-14(18)17(4)5/h6-9,16H,10-11H2,1-5H3. The number of likely N-dealkylation sites (N-methyl/N-ethyl adjacent to an activating group) is 1. The van der Waals surface area contributed by atoms with Crippen LogP contribution in [0.5, 0.6) is 0 Å². The molecule has 0 fully saturated rings. The zero-order chi connectivity index (χ0) is 13.8. The minimum Gasteiger partial charge on any atom is -0.348 e. The highest BCUT2D eigenvalue weighted by Gasteiger charge is 2.12. The molecule has 0 heterocycles. The molecule has 18 heavy (non-hydrogen) atoms. The maximum Gasteiger partial charge on any atom is 0.236 e. The van der Waals surface area contributed by atoms with Crippen LogP contribution in [0.1, 0.15) is 31.9 Å². The zero-order valence-corrected chi connectivity index (χ0v) is 12.1. The molecule has 1 rings (SSSR count). The van der Waals surface area contributed by atoms with E-state index >= 15 is 0 Å². The van der Waals surface area contributed by atoms with Crippen LogP contribution < -0.4 is 5.32 Å². The number of hydrogen-bond acceptors (Lipinski definition) is 2.